The van der Waals surface area contributed by atoms with Crippen LogP contribution in [0.3, 0.4) is 0 Å². The number of esters is 1. The second-order valence-corrected chi connectivity index (χ2v) is 2.96. The van der Waals surface area contributed by atoms with Crippen molar-refractivity contribution in [2.45, 2.75) is 6.92 Å². The summed E-state index contributed by atoms with van der Waals surface area (Å²) in [5.41, 5.74) is 0.476. The number of carbonyl (C=O) groups is 2. The van der Waals surface area contributed by atoms with Crippen molar-refractivity contribution < 1.29 is 19.1 Å². The third-order valence-electron chi connectivity index (χ3n) is 1.87. The van der Waals surface area contributed by atoms with Crippen LogP contribution < -0.4 is 9.47 Å². The van der Waals surface area contributed by atoms with Crippen LogP contribution in [0.2, 0.25) is 0 Å². The van der Waals surface area contributed by atoms with Crippen molar-refractivity contribution in [2.24, 2.45) is 0 Å². The Balaban J connectivity index is 2.35. The van der Waals surface area contributed by atoms with E-state index in [1.54, 1.807) is 12.1 Å². The van der Waals surface area contributed by atoms with Crippen LogP contribution in [-0.4, -0.2) is 18.4 Å². The van der Waals surface area contributed by atoms with Gasteiger partial charge in [0.1, 0.15) is 11.5 Å². The van der Waals surface area contributed by atoms with E-state index in [4.69, 9.17) is 9.47 Å². The summed E-state index contributed by atoms with van der Waals surface area (Å²) >= 11 is 0. The smallest absolute Gasteiger partial charge is 0.308 e. The molecular weight excluding hydrogens is 184 g/mol. The van der Waals surface area contributed by atoms with E-state index >= 15 is 0 Å². The monoisotopic (exact) mass is 192 g/mol. The molecule has 1 aromatic rings. The van der Waals surface area contributed by atoms with Crippen molar-refractivity contribution >= 4 is 11.8 Å². The summed E-state index contributed by atoms with van der Waals surface area (Å²) in [7, 11) is 0. The highest BCUT2D eigenvalue weighted by Crippen LogP contribution is 2.28. The second kappa shape index (κ2) is 3.14. The fraction of sp³-hybridized carbons (Fsp3) is 0.200. The van der Waals surface area contributed by atoms with Crippen molar-refractivity contribution in [3.63, 3.8) is 0 Å². The predicted octanol–water partition coefficient (Wildman–Crippen LogP) is 1.19. The van der Waals surface area contributed by atoms with Crippen LogP contribution in [-0.2, 0) is 4.79 Å². The molecule has 72 valence electrons. The molecule has 0 aromatic heterocycles. The lowest BCUT2D eigenvalue weighted by molar-refractivity contribution is -0.131. The molecule has 0 amide bonds. The molecule has 1 heterocycles. The molecule has 0 radical (unpaired) electrons. The van der Waals surface area contributed by atoms with Gasteiger partial charge in [-0.1, -0.05) is 0 Å². The molecule has 1 aliphatic heterocycles. The Bertz CT molecular complexity index is 409. The zero-order valence-electron chi connectivity index (χ0n) is 7.57. The Hall–Kier alpha value is -1.84. The molecule has 0 spiro atoms. The van der Waals surface area contributed by atoms with Crippen molar-refractivity contribution in [3.8, 4) is 11.5 Å². The van der Waals surface area contributed by atoms with E-state index in [-0.39, 0.29) is 12.4 Å². The number of fused-ring (bicyclic) bond motifs is 1. The first-order chi connectivity index (χ1) is 6.66. The molecule has 1 aliphatic rings. The Kier molecular flexibility index (Phi) is 1.96. The number of hydrogen-bond acceptors (Lipinski definition) is 4. The lowest BCUT2D eigenvalue weighted by Crippen LogP contribution is -2.02. The number of hydrogen-bond donors (Lipinski definition) is 0. The summed E-state index contributed by atoms with van der Waals surface area (Å²) in [5.74, 6) is 0.423. The second-order valence-electron chi connectivity index (χ2n) is 2.96. The zero-order valence-corrected chi connectivity index (χ0v) is 7.57. The van der Waals surface area contributed by atoms with Crippen LogP contribution in [0.25, 0.3) is 0 Å². The fourth-order valence-corrected chi connectivity index (χ4v) is 1.30. The highest BCUT2D eigenvalue weighted by molar-refractivity contribution is 6.02. The average Bonchev–Trinajstić information content (AvgIpc) is 2.47. The Morgan fingerprint density at radius 2 is 2.29 bits per heavy atom. The number of carbonyl (C=O) groups excluding carboxylic acids is 2. The number of ether oxygens (including phenoxy) is 2. The minimum atomic E-state index is -0.406. The lowest BCUT2D eigenvalue weighted by Gasteiger charge is -2.02. The van der Waals surface area contributed by atoms with E-state index in [2.05, 4.69) is 0 Å². The normalized spacial score (nSPS) is 13.4. The van der Waals surface area contributed by atoms with Gasteiger partial charge in [-0.15, -0.1) is 0 Å². The van der Waals surface area contributed by atoms with Gasteiger partial charge < -0.3 is 9.47 Å². The van der Waals surface area contributed by atoms with Gasteiger partial charge in [0, 0.05) is 6.92 Å². The molecule has 0 saturated carbocycles. The van der Waals surface area contributed by atoms with Crippen LogP contribution in [0, 0.1) is 0 Å². The summed E-state index contributed by atoms with van der Waals surface area (Å²) in [6.07, 6.45) is 0. The van der Waals surface area contributed by atoms with E-state index < -0.39 is 5.97 Å². The fourth-order valence-electron chi connectivity index (χ4n) is 1.30. The molecule has 0 unspecified atom stereocenters. The predicted molar refractivity (Wildman–Crippen MR) is 47.6 cm³/mol. The van der Waals surface area contributed by atoms with E-state index in [1.165, 1.54) is 13.0 Å². The van der Waals surface area contributed by atoms with Gasteiger partial charge >= 0.3 is 5.97 Å². The van der Waals surface area contributed by atoms with Crippen molar-refractivity contribution in [1.29, 1.82) is 0 Å². The van der Waals surface area contributed by atoms with E-state index in [9.17, 15) is 9.59 Å². The van der Waals surface area contributed by atoms with Gasteiger partial charge in [-0.2, -0.15) is 0 Å². The molecule has 4 heteroatoms. The standard InChI is InChI=1S/C10H8O4/c1-6(11)14-7-2-3-10-8(4-7)9(12)5-13-10/h2-4H,5H2,1H3. The third kappa shape index (κ3) is 1.46. The first-order valence-electron chi connectivity index (χ1n) is 4.15. The van der Waals surface area contributed by atoms with Gasteiger partial charge in [-0.25, -0.2) is 0 Å². The topological polar surface area (TPSA) is 52.6 Å². The van der Waals surface area contributed by atoms with Crippen LogP contribution in [0.1, 0.15) is 17.3 Å². The van der Waals surface area contributed by atoms with Gasteiger partial charge in [-0.3, -0.25) is 9.59 Å². The maximum Gasteiger partial charge on any atom is 0.308 e. The maximum atomic E-state index is 11.2. The van der Waals surface area contributed by atoms with E-state index in [1.807, 2.05) is 0 Å². The SMILES string of the molecule is CC(=O)Oc1ccc2c(c1)C(=O)CO2. The first-order valence-corrected chi connectivity index (χ1v) is 4.15. The van der Waals surface area contributed by atoms with Crippen molar-refractivity contribution in [2.75, 3.05) is 6.61 Å². The molecule has 2 rings (SSSR count). The number of benzene rings is 1. The summed E-state index contributed by atoms with van der Waals surface area (Å²) in [5, 5.41) is 0. The highest BCUT2D eigenvalue weighted by Gasteiger charge is 2.21. The zero-order chi connectivity index (χ0) is 10.1. The summed E-state index contributed by atoms with van der Waals surface area (Å²) in [6.45, 7) is 1.38. The Labute approximate surface area is 80.4 Å². The minimum absolute atomic E-state index is 0.0683. The minimum Gasteiger partial charge on any atom is -0.485 e. The average molecular weight is 192 g/mol. The maximum absolute atomic E-state index is 11.2. The highest BCUT2D eigenvalue weighted by atomic mass is 16.5. The van der Waals surface area contributed by atoms with Crippen molar-refractivity contribution in [3.05, 3.63) is 23.8 Å². The van der Waals surface area contributed by atoms with Gasteiger partial charge in [0.25, 0.3) is 0 Å². The quantitative estimate of drug-likeness (QED) is 0.495. The van der Waals surface area contributed by atoms with E-state index in [0.717, 1.165) is 0 Å². The number of ketones is 1. The molecule has 1 aromatic carbocycles. The lowest BCUT2D eigenvalue weighted by atomic mass is 10.1. The summed E-state index contributed by atoms with van der Waals surface area (Å²) in [6, 6.07) is 4.74. The van der Waals surface area contributed by atoms with Gasteiger partial charge in [0.05, 0.1) is 5.56 Å². The van der Waals surface area contributed by atoms with Crippen LogP contribution >= 0.6 is 0 Å². The molecule has 0 aliphatic carbocycles. The van der Waals surface area contributed by atoms with Crippen LogP contribution in [0.4, 0.5) is 0 Å². The first kappa shape index (κ1) is 8.74. The van der Waals surface area contributed by atoms with Gasteiger partial charge in [0.15, 0.2) is 6.61 Å². The third-order valence-corrected chi connectivity index (χ3v) is 1.87. The molecule has 0 N–H and O–H groups in total. The molecule has 0 saturated heterocycles. The van der Waals surface area contributed by atoms with Crippen molar-refractivity contribution in [1.82, 2.24) is 0 Å². The van der Waals surface area contributed by atoms with Gasteiger partial charge in [0.2, 0.25) is 5.78 Å². The molecule has 0 atom stereocenters. The molecular formula is C10H8O4. The number of rotatable bonds is 1. The number of Topliss-reactive ketones (excluding diaryl/α,β-unsaturated/α-hetero) is 1. The molecule has 4 nitrogen and oxygen atoms in total. The largest absolute Gasteiger partial charge is 0.485 e. The molecule has 0 fully saturated rings. The van der Waals surface area contributed by atoms with Crippen LogP contribution in [0.5, 0.6) is 11.5 Å². The molecule has 0 bridgehead atoms. The van der Waals surface area contributed by atoms with E-state index in [0.29, 0.717) is 17.1 Å². The summed E-state index contributed by atoms with van der Waals surface area (Å²) < 4.78 is 9.92. The Morgan fingerprint density at radius 1 is 1.50 bits per heavy atom. The Morgan fingerprint density at radius 3 is 3.00 bits per heavy atom. The molecule has 14 heavy (non-hydrogen) atoms. The summed E-state index contributed by atoms with van der Waals surface area (Å²) in [4.78, 5) is 21.9. The van der Waals surface area contributed by atoms with Gasteiger partial charge in [-0.05, 0) is 18.2 Å². The van der Waals surface area contributed by atoms with Crippen LogP contribution in [0.15, 0.2) is 18.2 Å².